The average Bonchev–Trinajstić information content (AvgIpc) is 3.30. The van der Waals surface area contributed by atoms with Gasteiger partial charge in [-0.15, -0.1) is 0 Å². The van der Waals surface area contributed by atoms with Crippen molar-refractivity contribution in [2.24, 2.45) is 7.05 Å². The molecule has 0 bridgehead atoms. The van der Waals surface area contributed by atoms with Gasteiger partial charge in [0, 0.05) is 19.2 Å². The number of nitrogens with zero attached hydrogens (tertiary/aromatic N) is 5. The summed E-state index contributed by atoms with van der Waals surface area (Å²) in [6.07, 6.45) is 1.40. The van der Waals surface area contributed by atoms with E-state index in [0.29, 0.717) is 39.5 Å². The summed E-state index contributed by atoms with van der Waals surface area (Å²) in [4.78, 5) is 37.9. The Bertz CT molecular complexity index is 1620. The summed E-state index contributed by atoms with van der Waals surface area (Å²) in [5.74, 6) is -1.01. The highest BCUT2D eigenvalue weighted by Crippen LogP contribution is 2.28. The van der Waals surface area contributed by atoms with Gasteiger partial charge in [-0.1, -0.05) is 12.1 Å². The molecule has 0 spiro atoms. The van der Waals surface area contributed by atoms with Crippen molar-refractivity contribution < 1.29 is 14.3 Å². The van der Waals surface area contributed by atoms with Crippen LogP contribution in [-0.2, 0) is 24.9 Å². The van der Waals surface area contributed by atoms with Crippen molar-refractivity contribution in [2.45, 2.75) is 26.4 Å². The Morgan fingerprint density at radius 3 is 2.50 bits per heavy atom. The number of aliphatic carboxylic acids is 1. The van der Waals surface area contributed by atoms with Crippen molar-refractivity contribution in [3.63, 3.8) is 0 Å². The van der Waals surface area contributed by atoms with E-state index in [2.05, 4.69) is 5.10 Å². The predicted molar refractivity (Wildman–Crippen MR) is 130 cm³/mol. The van der Waals surface area contributed by atoms with Crippen LogP contribution in [0.5, 0.6) is 0 Å². The Balaban J connectivity index is 2.05. The van der Waals surface area contributed by atoms with Gasteiger partial charge in [0.1, 0.15) is 6.67 Å². The highest BCUT2D eigenvalue weighted by atomic mass is 19.1. The number of carbonyl (C=O) groups is 1. The molecule has 0 aliphatic carbocycles. The number of carboxylic acids is 1. The number of benzene rings is 2. The van der Waals surface area contributed by atoms with Crippen molar-refractivity contribution in [1.82, 2.24) is 18.9 Å². The molecule has 2 aromatic carbocycles. The van der Waals surface area contributed by atoms with Gasteiger partial charge >= 0.3 is 11.7 Å². The molecule has 0 atom stereocenters. The van der Waals surface area contributed by atoms with Crippen LogP contribution in [-0.4, -0.2) is 30.0 Å². The first-order valence-electron chi connectivity index (χ1n) is 11.0. The molecule has 0 amide bonds. The van der Waals surface area contributed by atoms with Gasteiger partial charge in [0.05, 0.1) is 40.5 Å². The Morgan fingerprint density at radius 2 is 1.86 bits per heavy atom. The zero-order chi connectivity index (χ0) is 26.0. The molecule has 0 aliphatic rings. The van der Waals surface area contributed by atoms with Gasteiger partial charge in [0.15, 0.2) is 0 Å². The second-order valence-corrected chi connectivity index (χ2v) is 8.23. The van der Waals surface area contributed by atoms with Crippen LogP contribution >= 0.6 is 0 Å². The normalized spacial score (nSPS) is 10.8. The number of aryl methyl sites for hydroxylation is 1. The lowest BCUT2D eigenvalue weighted by molar-refractivity contribution is -0.136. The number of halogens is 1. The van der Waals surface area contributed by atoms with Gasteiger partial charge in [0.25, 0.3) is 5.56 Å². The van der Waals surface area contributed by atoms with Crippen molar-refractivity contribution in [3.8, 4) is 28.7 Å². The summed E-state index contributed by atoms with van der Waals surface area (Å²) in [5, 5.41) is 22.8. The molecular formula is C26H22FN5O4. The number of alkyl halides is 1. The summed E-state index contributed by atoms with van der Waals surface area (Å²) >= 11 is 0. The smallest absolute Gasteiger partial charge is 0.335 e. The van der Waals surface area contributed by atoms with Crippen molar-refractivity contribution in [3.05, 3.63) is 98.0 Å². The number of nitriles is 1. The lowest BCUT2D eigenvalue weighted by atomic mass is 10.0. The van der Waals surface area contributed by atoms with Crippen LogP contribution in [0.2, 0.25) is 0 Å². The van der Waals surface area contributed by atoms with Gasteiger partial charge in [-0.25, -0.2) is 13.9 Å². The topological polar surface area (TPSA) is 123 Å². The van der Waals surface area contributed by atoms with Crippen molar-refractivity contribution in [2.75, 3.05) is 0 Å². The van der Waals surface area contributed by atoms with E-state index in [9.17, 15) is 23.9 Å². The number of hydrogen-bond acceptors (Lipinski definition) is 5. The summed E-state index contributed by atoms with van der Waals surface area (Å²) in [7, 11) is 1.35. The molecule has 4 rings (SSSR count). The first kappa shape index (κ1) is 24.3. The lowest BCUT2D eigenvalue weighted by Crippen LogP contribution is -2.40. The minimum atomic E-state index is -1.01. The van der Waals surface area contributed by atoms with Crippen LogP contribution in [0.25, 0.3) is 22.6 Å². The minimum Gasteiger partial charge on any atom is -0.481 e. The largest absolute Gasteiger partial charge is 0.481 e. The van der Waals surface area contributed by atoms with Gasteiger partial charge in [-0.2, -0.15) is 10.4 Å². The van der Waals surface area contributed by atoms with E-state index >= 15 is 0 Å². The fourth-order valence-electron chi connectivity index (χ4n) is 4.12. The van der Waals surface area contributed by atoms with E-state index in [1.54, 1.807) is 49.4 Å². The number of aromatic nitrogens is 4. The second kappa shape index (κ2) is 9.84. The molecule has 0 unspecified atom stereocenters. The van der Waals surface area contributed by atoms with E-state index in [1.807, 2.05) is 6.07 Å². The van der Waals surface area contributed by atoms with Crippen LogP contribution < -0.4 is 11.2 Å². The van der Waals surface area contributed by atoms with Crippen LogP contribution in [0.1, 0.15) is 28.8 Å². The molecule has 0 aliphatic heterocycles. The second-order valence-electron chi connectivity index (χ2n) is 8.23. The SMILES string of the molecule is Cc1c(-c2c(CCC(=O)O)cnn2-c2ccc(C#N)cc2)c(=O)n(C)c(=O)n1-c1cccc(CF)c1. The molecule has 182 valence electrons. The van der Waals surface area contributed by atoms with Crippen LogP contribution in [0, 0.1) is 18.3 Å². The molecule has 36 heavy (non-hydrogen) atoms. The standard InChI is InChI=1S/C26H22FN5O4/c1-16-23(25(35)30(2)26(36)31(16)21-5-3-4-18(12-21)13-27)24-19(8-11-22(33)34)15-29-32(24)20-9-6-17(14-28)7-10-20/h3-7,9-10,12,15H,8,11,13H2,1-2H3,(H,33,34). The molecule has 2 aromatic heterocycles. The predicted octanol–water partition coefficient (Wildman–Crippen LogP) is 3.06. The molecule has 10 heteroatoms. The zero-order valence-corrected chi connectivity index (χ0v) is 19.6. The first-order valence-corrected chi connectivity index (χ1v) is 11.0. The Kier molecular flexibility index (Phi) is 6.65. The Morgan fingerprint density at radius 1 is 1.14 bits per heavy atom. The number of carboxylic acid groups (broad SMARTS) is 1. The fraction of sp³-hybridized carbons (Fsp3) is 0.192. The van der Waals surface area contributed by atoms with Gasteiger partial charge in [-0.05, 0) is 60.9 Å². The van der Waals surface area contributed by atoms with Crippen LogP contribution in [0.15, 0.2) is 64.3 Å². The molecule has 0 saturated carbocycles. The molecule has 0 fully saturated rings. The third kappa shape index (κ3) is 4.34. The Labute approximate surface area is 204 Å². The maximum Gasteiger partial charge on any atom is 0.335 e. The van der Waals surface area contributed by atoms with Crippen molar-refractivity contribution >= 4 is 5.97 Å². The lowest BCUT2D eigenvalue weighted by Gasteiger charge is -2.18. The van der Waals surface area contributed by atoms with Gasteiger partial charge < -0.3 is 5.11 Å². The number of rotatable bonds is 7. The Hall–Kier alpha value is -4.78. The molecular weight excluding hydrogens is 465 g/mol. The fourth-order valence-corrected chi connectivity index (χ4v) is 4.12. The van der Waals surface area contributed by atoms with Gasteiger partial charge in [0.2, 0.25) is 0 Å². The summed E-state index contributed by atoms with van der Waals surface area (Å²) in [5.41, 5.74) is 1.86. The molecule has 0 radical (unpaired) electrons. The highest BCUT2D eigenvalue weighted by Gasteiger charge is 2.24. The van der Waals surface area contributed by atoms with Crippen LogP contribution in [0.3, 0.4) is 0 Å². The maximum absolute atomic E-state index is 13.5. The summed E-state index contributed by atoms with van der Waals surface area (Å²) in [6, 6.07) is 15.0. The summed E-state index contributed by atoms with van der Waals surface area (Å²) in [6.45, 7) is 0.891. The zero-order valence-electron chi connectivity index (χ0n) is 19.6. The highest BCUT2D eigenvalue weighted by molar-refractivity contribution is 5.71. The van der Waals surface area contributed by atoms with E-state index in [0.717, 1.165) is 4.57 Å². The maximum atomic E-state index is 13.5. The quantitative estimate of drug-likeness (QED) is 0.427. The van der Waals surface area contributed by atoms with E-state index in [1.165, 1.54) is 28.6 Å². The first-order chi connectivity index (χ1) is 17.3. The van der Waals surface area contributed by atoms with E-state index in [4.69, 9.17) is 5.26 Å². The van der Waals surface area contributed by atoms with E-state index in [-0.39, 0.29) is 18.4 Å². The van der Waals surface area contributed by atoms with Crippen molar-refractivity contribution in [1.29, 1.82) is 5.26 Å². The molecule has 0 saturated heterocycles. The third-order valence-electron chi connectivity index (χ3n) is 5.95. The summed E-state index contributed by atoms with van der Waals surface area (Å²) < 4.78 is 17.1. The molecule has 1 N–H and O–H groups in total. The molecule has 9 nitrogen and oxygen atoms in total. The number of hydrogen-bond donors (Lipinski definition) is 1. The monoisotopic (exact) mass is 487 g/mol. The third-order valence-corrected chi connectivity index (χ3v) is 5.95. The average molecular weight is 487 g/mol. The molecule has 2 heterocycles. The van der Waals surface area contributed by atoms with E-state index < -0.39 is 23.9 Å². The van der Waals surface area contributed by atoms with Crippen LogP contribution in [0.4, 0.5) is 4.39 Å². The minimum absolute atomic E-state index is 0.0972. The van der Waals surface area contributed by atoms with Gasteiger partial charge in [-0.3, -0.25) is 18.7 Å². The molecule has 4 aromatic rings.